The summed E-state index contributed by atoms with van der Waals surface area (Å²) in [5.74, 6) is 1.09. The highest BCUT2D eigenvalue weighted by molar-refractivity contribution is 7.99. The normalized spacial score (nSPS) is 25.1. The molecule has 20 heavy (non-hydrogen) atoms. The summed E-state index contributed by atoms with van der Waals surface area (Å²) in [5, 5.41) is 16.3. The van der Waals surface area contributed by atoms with Crippen LogP contribution in [-0.2, 0) is 0 Å². The Hall–Kier alpha value is -0.420. The molecule has 1 aliphatic carbocycles. The Balaban J connectivity index is 2.36. The average Bonchev–Trinajstić information content (AvgIpc) is 2.37. The molecule has 1 saturated carbocycles. The number of rotatable bonds is 5. The molecule has 3 unspecified atom stereocenters. The average molecular weight is 302 g/mol. The van der Waals surface area contributed by atoms with Gasteiger partial charge in [-0.05, 0) is 24.0 Å². The Bertz CT molecular complexity index is 303. The van der Waals surface area contributed by atoms with Crippen molar-refractivity contribution in [3.63, 3.8) is 0 Å². The minimum absolute atomic E-state index is 0.151. The highest BCUT2D eigenvalue weighted by atomic mass is 32.2. The minimum atomic E-state index is -0.527. The van der Waals surface area contributed by atoms with E-state index in [1.165, 1.54) is 19.3 Å². The molecule has 1 aliphatic rings. The van der Waals surface area contributed by atoms with Gasteiger partial charge in [0.05, 0.1) is 6.10 Å². The molecule has 0 aromatic carbocycles. The van der Waals surface area contributed by atoms with Gasteiger partial charge >= 0.3 is 6.03 Å². The van der Waals surface area contributed by atoms with Crippen molar-refractivity contribution in [1.29, 1.82) is 0 Å². The van der Waals surface area contributed by atoms with E-state index in [1.807, 2.05) is 32.5 Å². The smallest absolute Gasteiger partial charge is 0.315 e. The van der Waals surface area contributed by atoms with Gasteiger partial charge in [0.15, 0.2) is 0 Å². The van der Waals surface area contributed by atoms with E-state index in [-0.39, 0.29) is 17.5 Å². The molecule has 1 fully saturated rings. The zero-order valence-electron chi connectivity index (χ0n) is 13.2. The molecule has 0 radical (unpaired) electrons. The van der Waals surface area contributed by atoms with Gasteiger partial charge in [-0.25, -0.2) is 4.79 Å². The Morgan fingerprint density at radius 2 is 2.00 bits per heavy atom. The van der Waals surface area contributed by atoms with Crippen LogP contribution < -0.4 is 10.6 Å². The van der Waals surface area contributed by atoms with E-state index < -0.39 is 6.10 Å². The van der Waals surface area contributed by atoms with Gasteiger partial charge in [-0.3, -0.25) is 0 Å². The first kappa shape index (κ1) is 17.6. The van der Waals surface area contributed by atoms with Gasteiger partial charge in [-0.2, -0.15) is 11.8 Å². The zero-order chi connectivity index (χ0) is 15.2. The molecule has 0 heterocycles. The molecule has 3 N–H and O–H groups in total. The first-order chi connectivity index (χ1) is 9.34. The highest BCUT2D eigenvalue weighted by Gasteiger charge is 2.27. The summed E-state index contributed by atoms with van der Waals surface area (Å²) in [4.78, 5) is 11.9. The molecule has 0 saturated heterocycles. The van der Waals surface area contributed by atoms with Crippen molar-refractivity contribution < 1.29 is 9.90 Å². The Morgan fingerprint density at radius 3 is 2.60 bits per heavy atom. The van der Waals surface area contributed by atoms with Crippen molar-refractivity contribution in [3.8, 4) is 0 Å². The molecule has 118 valence electrons. The fourth-order valence-electron chi connectivity index (χ4n) is 2.39. The van der Waals surface area contributed by atoms with E-state index in [1.54, 1.807) is 0 Å². The molecule has 0 aromatic rings. The van der Waals surface area contributed by atoms with Crippen LogP contribution in [0.2, 0.25) is 0 Å². The predicted molar refractivity (Wildman–Crippen MR) is 86.2 cm³/mol. The number of thioether (sulfide) groups is 1. The number of hydrogen-bond donors (Lipinski definition) is 3. The Morgan fingerprint density at radius 1 is 1.35 bits per heavy atom. The lowest BCUT2D eigenvalue weighted by Gasteiger charge is -2.32. The third-order valence-corrected chi connectivity index (χ3v) is 5.18. The predicted octanol–water partition coefficient (Wildman–Crippen LogP) is 2.76. The highest BCUT2D eigenvalue weighted by Crippen LogP contribution is 2.28. The quantitative estimate of drug-likeness (QED) is 0.732. The van der Waals surface area contributed by atoms with Crippen LogP contribution in [0.1, 0.15) is 53.4 Å². The molecular weight excluding hydrogens is 272 g/mol. The van der Waals surface area contributed by atoms with Crippen LogP contribution in [0.3, 0.4) is 0 Å². The number of aliphatic hydroxyl groups excluding tert-OH is 1. The molecule has 5 heteroatoms. The summed E-state index contributed by atoms with van der Waals surface area (Å²) in [7, 11) is 0. The first-order valence-electron chi connectivity index (χ1n) is 7.68. The van der Waals surface area contributed by atoms with Gasteiger partial charge in [0.1, 0.15) is 0 Å². The lowest BCUT2D eigenvalue weighted by molar-refractivity contribution is 0.0648. The van der Waals surface area contributed by atoms with Crippen LogP contribution in [0.4, 0.5) is 4.79 Å². The van der Waals surface area contributed by atoms with Gasteiger partial charge in [-0.15, -0.1) is 0 Å². The topological polar surface area (TPSA) is 61.4 Å². The monoisotopic (exact) mass is 302 g/mol. The standard InChI is InChI=1S/C15H30N2O2S/c1-5-20-12-9-7-6-8-11(12)17-14(19)16-10-13(18)15(2,3)4/h11-13,18H,5-10H2,1-4H3,(H2,16,17,19). The van der Waals surface area contributed by atoms with Gasteiger partial charge in [0.25, 0.3) is 0 Å². The van der Waals surface area contributed by atoms with E-state index in [2.05, 4.69) is 17.6 Å². The molecule has 4 nitrogen and oxygen atoms in total. The number of nitrogens with one attached hydrogen (secondary N) is 2. The van der Waals surface area contributed by atoms with Gasteiger partial charge in [-0.1, -0.05) is 40.5 Å². The Labute approximate surface area is 127 Å². The van der Waals surface area contributed by atoms with Crippen LogP contribution >= 0.6 is 11.8 Å². The van der Waals surface area contributed by atoms with Crippen molar-refractivity contribution >= 4 is 17.8 Å². The maximum Gasteiger partial charge on any atom is 0.315 e. The van der Waals surface area contributed by atoms with Gasteiger partial charge in [0, 0.05) is 17.8 Å². The first-order valence-corrected chi connectivity index (χ1v) is 8.73. The number of urea groups is 1. The molecule has 3 atom stereocenters. The second-order valence-corrected chi connectivity index (χ2v) is 8.14. The minimum Gasteiger partial charge on any atom is -0.391 e. The van der Waals surface area contributed by atoms with E-state index in [0.29, 0.717) is 11.8 Å². The van der Waals surface area contributed by atoms with Crippen molar-refractivity contribution in [3.05, 3.63) is 0 Å². The lowest BCUT2D eigenvalue weighted by atomic mass is 9.89. The second-order valence-electron chi connectivity index (χ2n) is 6.62. The summed E-state index contributed by atoms with van der Waals surface area (Å²) in [6.07, 6.45) is 4.18. The van der Waals surface area contributed by atoms with E-state index in [0.717, 1.165) is 12.2 Å². The van der Waals surface area contributed by atoms with Crippen LogP contribution in [0.15, 0.2) is 0 Å². The van der Waals surface area contributed by atoms with Crippen molar-refractivity contribution in [2.75, 3.05) is 12.3 Å². The third kappa shape index (κ3) is 5.92. The molecule has 0 spiro atoms. The van der Waals surface area contributed by atoms with Crippen LogP contribution in [0, 0.1) is 5.41 Å². The van der Waals surface area contributed by atoms with Crippen LogP contribution in [0.25, 0.3) is 0 Å². The van der Waals surface area contributed by atoms with Crippen molar-refractivity contribution in [2.45, 2.75) is 70.8 Å². The van der Waals surface area contributed by atoms with Crippen LogP contribution in [0.5, 0.6) is 0 Å². The Kier molecular flexibility index (Phi) is 7.17. The van der Waals surface area contributed by atoms with Crippen molar-refractivity contribution in [2.24, 2.45) is 5.41 Å². The van der Waals surface area contributed by atoms with E-state index in [9.17, 15) is 9.90 Å². The summed E-state index contributed by atoms with van der Waals surface area (Å²) >= 11 is 1.94. The molecule has 0 aromatic heterocycles. The molecule has 0 bridgehead atoms. The van der Waals surface area contributed by atoms with E-state index in [4.69, 9.17) is 0 Å². The largest absolute Gasteiger partial charge is 0.391 e. The number of carbonyl (C=O) groups excluding carboxylic acids is 1. The van der Waals surface area contributed by atoms with Crippen LogP contribution in [-0.4, -0.2) is 40.8 Å². The van der Waals surface area contributed by atoms with Gasteiger partial charge < -0.3 is 15.7 Å². The fraction of sp³-hybridized carbons (Fsp3) is 0.933. The van der Waals surface area contributed by atoms with E-state index >= 15 is 0 Å². The summed E-state index contributed by atoms with van der Waals surface area (Å²) in [5.41, 5.74) is -0.210. The SMILES string of the molecule is CCSC1CCCCC1NC(=O)NCC(O)C(C)(C)C. The number of hydrogen-bond acceptors (Lipinski definition) is 3. The summed E-state index contributed by atoms with van der Waals surface area (Å²) < 4.78 is 0. The zero-order valence-corrected chi connectivity index (χ0v) is 14.1. The molecular formula is C15H30N2O2S. The molecule has 2 amide bonds. The summed E-state index contributed by atoms with van der Waals surface area (Å²) in [6.45, 7) is 8.36. The maximum atomic E-state index is 11.9. The lowest BCUT2D eigenvalue weighted by Crippen LogP contribution is -2.50. The number of carbonyl (C=O) groups is 1. The number of amides is 2. The third-order valence-electron chi connectivity index (χ3n) is 3.86. The maximum absolute atomic E-state index is 11.9. The fourth-order valence-corrected chi connectivity index (χ4v) is 3.59. The second kappa shape index (κ2) is 8.13. The van der Waals surface area contributed by atoms with Gasteiger partial charge in [0.2, 0.25) is 0 Å². The molecule has 1 rings (SSSR count). The summed E-state index contributed by atoms with van der Waals surface area (Å²) in [6, 6.07) is 0.113. The van der Waals surface area contributed by atoms with Crippen molar-refractivity contribution in [1.82, 2.24) is 10.6 Å². The number of aliphatic hydroxyl groups is 1. The molecule has 0 aliphatic heterocycles.